The predicted molar refractivity (Wildman–Crippen MR) is 57.6 cm³/mol. The van der Waals surface area contributed by atoms with Gasteiger partial charge < -0.3 is 5.73 Å². The zero-order valence-corrected chi connectivity index (χ0v) is 9.18. The van der Waals surface area contributed by atoms with E-state index in [1.54, 1.807) is 24.5 Å². The zero-order chi connectivity index (χ0) is 10.8. The lowest BCUT2D eigenvalue weighted by Gasteiger charge is -2.01. The summed E-state index contributed by atoms with van der Waals surface area (Å²) in [6.45, 7) is 0. The molecule has 0 bridgehead atoms. The average Bonchev–Trinajstić information content (AvgIpc) is 2.67. The summed E-state index contributed by atoms with van der Waals surface area (Å²) in [5, 5.41) is 3.99. The second kappa shape index (κ2) is 3.82. The van der Waals surface area contributed by atoms with E-state index in [9.17, 15) is 4.79 Å². The molecule has 2 rings (SSSR count). The van der Waals surface area contributed by atoms with Crippen molar-refractivity contribution in [2.24, 2.45) is 5.73 Å². The molecule has 0 aromatic carbocycles. The van der Waals surface area contributed by atoms with E-state index in [1.165, 1.54) is 4.68 Å². The third kappa shape index (κ3) is 1.89. The van der Waals surface area contributed by atoms with Crippen LogP contribution in [0.4, 0.5) is 0 Å². The molecule has 76 valence electrons. The Balaban J connectivity index is 2.46. The molecule has 15 heavy (non-hydrogen) atoms. The molecular weight excluding hydrogens is 260 g/mol. The lowest BCUT2D eigenvalue weighted by atomic mass is 10.4. The number of nitrogens with two attached hydrogens (primary N) is 1. The fraction of sp³-hybridized carbons (Fsp3) is 0. The molecule has 0 aliphatic heterocycles. The number of aromatic nitrogens is 3. The van der Waals surface area contributed by atoms with Gasteiger partial charge in [0.15, 0.2) is 5.82 Å². The van der Waals surface area contributed by atoms with Gasteiger partial charge in [-0.15, -0.1) is 0 Å². The van der Waals surface area contributed by atoms with Crippen molar-refractivity contribution in [1.29, 1.82) is 0 Å². The molecule has 0 aliphatic rings. The first-order valence-corrected chi connectivity index (χ1v) is 4.94. The smallest absolute Gasteiger partial charge is 0.269 e. The van der Waals surface area contributed by atoms with Crippen LogP contribution in [0.15, 0.2) is 35.1 Å². The van der Waals surface area contributed by atoms with Crippen molar-refractivity contribution in [1.82, 2.24) is 14.8 Å². The highest BCUT2D eigenvalue weighted by molar-refractivity contribution is 9.10. The molecule has 2 N–H and O–H groups in total. The summed E-state index contributed by atoms with van der Waals surface area (Å²) in [7, 11) is 0. The fourth-order valence-corrected chi connectivity index (χ4v) is 1.56. The number of amides is 1. The highest BCUT2D eigenvalue weighted by Crippen LogP contribution is 2.16. The summed E-state index contributed by atoms with van der Waals surface area (Å²) in [5.74, 6) is 0.0609. The van der Waals surface area contributed by atoms with Gasteiger partial charge in [-0.3, -0.25) is 4.79 Å². The monoisotopic (exact) mass is 266 g/mol. The normalized spacial score (nSPS) is 10.2. The van der Waals surface area contributed by atoms with Crippen LogP contribution < -0.4 is 5.73 Å². The first-order valence-electron chi connectivity index (χ1n) is 4.15. The Labute approximate surface area is 94.0 Å². The van der Waals surface area contributed by atoms with E-state index in [0.717, 1.165) is 4.47 Å². The Morgan fingerprint density at radius 2 is 2.27 bits per heavy atom. The quantitative estimate of drug-likeness (QED) is 0.886. The standard InChI is InChI=1S/C9H7BrN4O/c10-6-2-1-4-12-9(6)14-5-3-7(13-14)8(11)15/h1-5H,(H2,11,15). The van der Waals surface area contributed by atoms with Crippen LogP contribution in [-0.4, -0.2) is 20.7 Å². The maximum Gasteiger partial charge on any atom is 0.269 e. The number of rotatable bonds is 2. The molecule has 2 aromatic rings. The Morgan fingerprint density at radius 1 is 1.47 bits per heavy atom. The fourth-order valence-electron chi connectivity index (χ4n) is 1.12. The van der Waals surface area contributed by atoms with Crippen LogP contribution in [0, 0.1) is 0 Å². The van der Waals surface area contributed by atoms with Crippen molar-refractivity contribution in [3.8, 4) is 5.82 Å². The Kier molecular flexibility index (Phi) is 2.51. The van der Waals surface area contributed by atoms with E-state index in [2.05, 4.69) is 26.0 Å². The third-order valence-electron chi connectivity index (χ3n) is 1.80. The van der Waals surface area contributed by atoms with Crippen LogP contribution in [0.5, 0.6) is 0 Å². The predicted octanol–water partition coefficient (Wildman–Crippen LogP) is 1.13. The Morgan fingerprint density at radius 3 is 2.87 bits per heavy atom. The Hall–Kier alpha value is -1.69. The van der Waals surface area contributed by atoms with E-state index in [1.807, 2.05) is 6.07 Å². The SMILES string of the molecule is NC(=O)c1ccn(-c2ncccc2Br)n1. The van der Waals surface area contributed by atoms with Gasteiger partial charge in [0.05, 0.1) is 4.47 Å². The van der Waals surface area contributed by atoms with E-state index >= 15 is 0 Å². The molecule has 6 heteroatoms. The minimum atomic E-state index is -0.555. The maximum atomic E-state index is 10.8. The maximum absolute atomic E-state index is 10.8. The average molecular weight is 267 g/mol. The lowest BCUT2D eigenvalue weighted by Crippen LogP contribution is -2.12. The second-order valence-corrected chi connectivity index (χ2v) is 3.67. The Bertz CT molecular complexity index is 508. The number of carbonyl (C=O) groups is 1. The summed E-state index contributed by atoms with van der Waals surface area (Å²) >= 11 is 3.34. The van der Waals surface area contributed by atoms with Gasteiger partial charge in [-0.25, -0.2) is 9.67 Å². The van der Waals surface area contributed by atoms with E-state index in [4.69, 9.17) is 5.73 Å². The topological polar surface area (TPSA) is 73.8 Å². The number of hydrogen-bond donors (Lipinski definition) is 1. The van der Waals surface area contributed by atoms with Crippen LogP contribution in [0.1, 0.15) is 10.5 Å². The number of pyridine rings is 1. The minimum absolute atomic E-state index is 0.215. The van der Waals surface area contributed by atoms with Crippen LogP contribution in [0.2, 0.25) is 0 Å². The molecule has 1 amide bonds. The third-order valence-corrected chi connectivity index (χ3v) is 2.42. The van der Waals surface area contributed by atoms with Gasteiger partial charge in [-0.2, -0.15) is 5.10 Å². The molecule has 0 fully saturated rings. The van der Waals surface area contributed by atoms with Crippen LogP contribution in [0.3, 0.4) is 0 Å². The lowest BCUT2D eigenvalue weighted by molar-refractivity contribution is 0.0995. The van der Waals surface area contributed by atoms with Crippen LogP contribution >= 0.6 is 15.9 Å². The van der Waals surface area contributed by atoms with E-state index in [0.29, 0.717) is 5.82 Å². The van der Waals surface area contributed by atoms with Gasteiger partial charge in [0, 0.05) is 12.4 Å². The highest BCUT2D eigenvalue weighted by Gasteiger charge is 2.08. The van der Waals surface area contributed by atoms with Gasteiger partial charge >= 0.3 is 0 Å². The van der Waals surface area contributed by atoms with Gasteiger partial charge in [0.2, 0.25) is 0 Å². The molecule has 0 saturated carbocycles. The van der Waals surface area contributed by atoms with Crippen LogP contribution in [0.25, 0.3) is 5.82 Å². The van der Waals surface area contributed by atoms with Crippen molar-refractivity contribution in [3.05, 3.63) is 40.8 Å². The summed E-state index contributed by atoms with van der Waals surface area (Å²) < 4.78 is 2.29. The molecule has 0 spiro atoms. The number of carbonyl (C=O) groups excluding carboxylic acids is 1. The van der Waals surface area contributed by atoms with Crippen LogP contribution in [-0.2, 0) is 0 Å². The first-order chi connectivity index (χ1) is 7.18. The molecule has 0 radical (unpaired) electrons. The van der Waals surface area contributed by atoms with Crippen molar-refractivity contribution in [3.63, 3.8) is 0 Å². The van der Waals surface area contributed by atoms with Gasteiger partial charge in [-0.05, 0) is 34.1 Å². The molecule has 0 aliphatic carbocycles. The molecule has 0 saturated heterocycles. The number of primary amides is 1. The summed E-state index contributed by atoms with van der Waals surface area (Å²) in [6, 6.07) is 5.18. The van der Waals surface area contributed by atoms with Gasteiger partial charge in [0.25, 0.3) is 5.91 Å². The first kappa shape index (κ1) is 9.85. The summed E-state index contributed by atoms with van der Waals surface area (Å²) in [5.41, 5.74) is 5.31. The summed E-state index contributed by atoms with van der Waals surface area (Å²) in [6.07, 6.45) is 3.28. The van der Waals surface area contributed by atoms with Gasteiger partial charge in [-0.1, -0.05) is 0 Å². The van der Waals surface area contributed by atoms with Gasteiger partial charge in [0.1, 0.15) is 5.69 Å². The number of hydrogen-bond acceptors (Lipinski definition) is 3. The van der Waals surface area contributed by atoms with Crippen molar-refractivity contribution in [2.75, 3.05) is 0 Å². The summed E-state index contributed by atoms with van der Waals surface area (Å²) in [4.78, 5) is 15.0. The number of halogens is 1. The largest absolute Gasteiger partial charge is 0.364 e. The highest BCUT2D eigenvalue weighted by atomic mass is 79.9. The molecular formula is C9H7BrN4O. The van der Waals surface area contributed by atoms with Crippen molar-refractivity contribution in [2.45, 2.75) is 0 Å². The van der Waals surface area contributed by atoms with E-state index < -0.39 is 5.91 Å². The van der Waals surface area contributed by atoms with E-state index in [-0.39, 0.29) is 5.69 Å². The molecule has 0 atom stereocenters. The zero-order valence-electron chi connectivity index (χ0n) is 7.59. The minimum Gasteiger partial charge on any atom is -0.364 e. The number of nitrogens with zero attached hydrogens (tertiary/aromatic N) is 3. The molecule has 0 unspecified atom stereocenters. The molecule has 2 aromatic heterocycles. The second-order valence-electron chi connectivity index (χ2n) is 2.82. The molecule has 5 nitrogen and oxygen atoms in total. The van der Waals surface area contributed by atoms with Crippen molar-refractivity contribution < 1.29 is 4.79 Å². The van der Waals surface area contributed by atoms with Crippen molar-refractivity contribution >= 4 is 21.8 Å². The molecule has 2 heterocycles.